The van der Waals surface area contributed by atoms with Crippen LogP contribution in [0.25, 0.3) is 0 Å². The van der Waals surface area contributed by atoms with E-state index in [4.69, 9.17) is 0 Å². The Morgan fingerprint density at radius 3 is 2.70 bits per heavy atom. The summed E-state index contributed by atoms with van der Waals surface area (Å²) in [7, 11) is 0. The predicted molar refractivity (Wildman–Crippen MR) is 108 cm³/mol. The molecule has 2 aromatic carbocycles. The second-order valence-electron chi connectivity index (χ2n) is 7.76. The molecule has 4 heteroatoms. The molecule has 2 amide bonds. The number of rotatable bonds is 3. The van der Waals surface area contributed by atoms with Gasteiger partial charge < -0.3 is 10.2 Å². The second kappa shape index (κ2) is 7.18. The zero-order valence-corrected chi connectivity index (χ0v) is 16.0. The van der Waals surface area contributed by atoms with Crippen molar-refractivity contribution in [2.24, 2.45) is 5.92 Å². The molecule has 27 heavy (non-hydrogen) atoms. The van der Waals surface area contributed by atoms with E-state index in [1.165, 1.54) is 24.0 Å². The Balaban J connectivity index is 1.51. The maximum Gasteiger partial charge on any atom is 0.229 e. The summed E-state index contributed by atoms with van der Waals surface area (Å²) in [6.07, 6.45) is 4.76. The molecule has 2 aromatic rings. The lowest BCUT2D eigenvalue weighted by Crippen LogP contribution is -2.29. The van der Waals surface area contributed by atoms with Crippen LogP contribution in [0.1, 0.15) is 41.5 Å². The van der Waals surface area contributed by atoms with E-state index in [1.54, 1.807) is 4.90 Å². The van der Waals surface area contributed by atoms with Crippen molar-refractivity contribution in [3.63, 3.8) is 0 Å². The quantitative estimate of drug-likeness (QED) is 0.891. The number of hydrogen-bond donors (Lipinski definition) is 1. The van der Waals surface area contributed by atoms with E-state index in [9.17, 15) is 9.59 Å². The summed E-state index contributed by atoms with van der Waals surface area (Å²) in [6, 6.07) is 12.1. The number of fused-ring (bicyclic) bond motifs is 1. The SMILES string of the molecule is Cc1cccc(N2CC(C(=O)Nc3cccc4c3CCCC4)CC2=O)c1C. The Morgan fingerprint density at radius 1 is 1.07 bits per heavy atom. The summed E-state index contributed by atoms with van der Waals surface area (Å²) in [5.74, 6) is -0.328. The van der Waals surface area contributed by atoms with Gasteiger partial charge in [0, 0.05) is 24.3 Å². The van der Waals surface area contributed by atoms with Crippen LogP contribution < -0.4 is 10.2 Å². The van der Waals surface area contributed by atoms with Crippen LogP contribution in [0.4, 0.5) is 11.4 Å². The fourth-order valence-corrected chi connectivity index (χ4v) is 4.28. The number of benzene rings is 2. The first-order valence-electron chi connectivity index (χ1n) is 9.83. The Kier molecular flexibility index (Phi) is 4.73. The summed E-state index contributed by atoms with van der Waals surface area (Å²) in [5.41, 5.74) is 6.72. The van der Waals surface area contributed by atoms with Crippen LogP contribution in [0, 0.1) is 19.8 Å². The lowest BCUT2D eigenvalue weighted by atomic mass is 9.90. The lowest BCUT2D eigenvalue weighted by Gasteiger charge is -2.21. The molecule has 2 aliphatic rings. The van der Waals surface area contributed by atoms with E-state index in [0.717, 1.165) is 35.3 Å². The third-order valence-electron chi connectivity index (χ3n) is 6.02. The van der Waals surface area contributed by atoms with Crippen molar-refractivity contribution >= 4 is 23.2 Å². The van der Waals surface area contributed by atoms with Crippen LogP contribution in [-0.4, -0.2) is 18.4 Å². The largest absolute Gasteiger partial charge is 0.326 e. The third kappa shape index (κ3) is 3.36. The molecule has 1 heterocycles. The van der Waals surface area contributed by atoms with Crippen LogP contribution >= 0.6 is 0 Å². The molecule has 0 bridgehead atoms. The van der Waals surface area contributed by atoms with Gasteiger partial charge in [0.15, 0.2) is 0 Å². The molecular weight excluding hydrogens is 336 g/mol. The molecule has 140 valence electrons. The van der Waals surface area contributed by atoms with Gasteiger partial charge in [-0.1, -0.05) is 24.3 Å². The number of aryl methyl sites for hydroxylation is 2. The van der Waals surface area contributed by atoms with Crippen molar-refractivity contribution in [2.75, 3.05) is 16.8 Å². The zero-order valence-electron chi connectivity index (χ0n) is 16.0. The highest BCUT2D eigenvalue weighted by Crippen LogP contribution is 2.31. The number of carbonyl (C=O) groups is 2. The Hall–Kier alpha value is -2.62. The summed E-state index contributed by atoms with van der Waals surface area (Å²) < 4.78 is 0. The van der Waals surface area contributed by atoms with E-state index in [0.29, 0.717) is 6.54 Å². The predicted octanol–water partition coefficient (Wildman–Crippen LogP) is 4.17. The normalized spacial score (nSPS) is 19.1. The maximum absolute atomic E-state index is 12.9. The number of nitrogens with zero attached hydrogens (tertiary/aromatic N) is 1. The van der Waals surface area contributed by atoms with Crippen molar-refractivity contribution < 1.29 is 9.59 Å². The summed E-state index contributed by atoms with van der Waals surface area (Å²) in [4.78, 5) is 27.2. The highest BCUT2D eigenvalue weighted by atomic mass is 16.2. The number of amides is 2. The van der Waals surface area contributed by atoms with Gasteiger partial charge in [-0.15, -0.1) is 0 Å². The van der Waals surface area contributed by atoms with Crippen LogP contribution in [0.3, 0.4) is 0 Å². The molecule has 1 saturated heterocycles. The van der Waals surface area contributed by atoms with E-state index >= 15 is 0 Å². The minimum atomic E-state index is -0.308. The molecule has 0 saturated carbocycles. The first-order valence-corrected chi connectivity index (χ1v) is 9.83. The first kappa shape index (κ1) is 17.8. The molecule has 1 atom stereocenters. The lowest BCUT2D eigenvalue weighted by molar-refractivity contribution is -0.122. The van der Waals surface area contributed by atoms with Crippen LogP contribution in [0.15, 0.2) is 36.4 Å². The number of carbonyl (C=O) groups excluding carboxylic acids is 2. The third-order valence-corrected chi connectivity index (χ3v) is 6.02. The molecule has 1 aliphatic heterocycles. The topological polar surface area (TPSA) is 49.4 Å². The molecule has 4 nitrogen and oxygen atoms in total. The van der Waals surface area contributed by atoms with Gasteiger partial charge in [-0.05, 0) is 73.9 Å². The molecule has 1 fully saturated rings. The van der Waals surface area contributed by atoms with Crippen LogP contribution in [0.2, 0.25) is 0 Å². The average molecular weight is 362 g/mol. The maximum atomic E-state index is 12.9. The molecule has 4 rings (SSSR count). The molecule has 0 spiro atoms. The summed E-state index contributed by atoms with van der Waals surface area (Å²) in [5, 5.41) is 3.11. The summed E-state index contributed by atoms with van der Waals surface area (Å²) >= 11 is 0. The molecule has 0 radical (unpaired) electrons. The van der Waals surface area contributed by atoms with E-state index in [2.05, 4.69) is 11.4 Å². The van der Waals surface area contributed by atoms with Gasteiger partial charge in [0.25, 0.3) is 0 Å². The van der Waals surface area contributed by atoms with Crippen molar-refractivity contribution in [3.8, 4) is 0 Å². The zero-order chi connectivity index (χ0) is 19.0. The van der Waals surface area contributed by atoms with Crippen LogP contribution in [0.5, 0.6) is 0 Å². The van der Waals surface area contributed by atoms with Gasteiger partial charge in [-0.25, -0.2) is 0 Å². The van der Waals surface area contributed by atoms with Gasteiger partial charge in [0.1, 0.15) is 0 Å². The Morgan fingerprint density at radius 2 is 1.85 bits per heavy atom. The highest BCUT2D eigenvalue weighted by Gasteiger charge is 2.36. The fraction of sp³-hybridized carbons (Fsp3) is 0.391. The molecule has 1 unspecified atom stereocenters. The monoisotopic (exact) mass is 362 g/mol. The minimum Gasteiger partial charge on any atom is -0.326 e. The van der Waals surface area contributed by atoms with E-state index < -0.39 is 0 Å². The second-order valence-corrected chi connectivity index (χ2v) is 7.76. The van der Waals surface area contributed by atoms with Crippen molar-refractivity contribution in [1.82, 2.24) is 0 Å². The number of hydrogen-bond acceptors (Lipinski definition) is 2. The smallest absolute Gasteiger partial charge is 0.229 e. The van der Waals surface area contributed by atoms with Gasteiger partial charge in [0.05, 0.1) is 5.92 Å². The average Bonchev–Trinajstić information content (AvgIpc) is 3.06. The standard InChI is InChI=1S/C23H26N2O2/c1-15-7-5-12-21(16(15)2)25-14-18(13-22(25)26)23(27)24-20-11-6-9-17-8-3-4-10-19(17)20/h5-7,9,11-12,18H,3-4,8,10,13-14H2,1-2H3,(H,24,27). The minimum absolute atomic E-state index is 0.0268. The summed E-state index contributed by atoms with van der Waals surface area (Å²) in [6.45, 7) is 4.52. The molecular formula is C23H26N2O2. The van der Waals surface area contributed by atoms with E-state index in [-0.39, 0.29) is 24.2 Å². The van der Waals surface area contributed by atoms with Gasteiger partial charge in [-0.3, -0.25) is 9.59 Å². The van der Waals surface area contributed by atoms with Gasteiger partial charge in [0.2, 0.25) is 11.8 Å². The van der Waals surface area contributed by atoms with Gasteiger partial charge >= 0.3 is 0 Å². The Bertz CT molecular complexity index is 903. The van der Waals surface area contributed by atoms with E-state index in [1.807, 2.05) is 44.2 Å². The molecule has 0 aromatic heterocycles. The molecule has 1 aliphatic carbocycles. The number of anilines is 2. The number of nitrogens with one attached hydrogen (secondary N) is 1. The molecule has 1 N–H and O–H groups in total. The first-order chi connectivity index (χ1) is 13.0. The highest BCUT2D eigenvalue weighted by molar-refractivity contribution is 6.04. The van der Waals surface area contributed by atoms with Crippen molar-refractivity contribution in [2.45, 2.75) is 46.0 Å². The fourth-order valence-electron chi connectivity index (χ4n) is 4.28. The van der Waals surface area contributed by atoms with Crippen molar-refractivity contribution in [1.29, 1.82) is 0 Å². The van der Waals surface area contributed by atoms with Crippen molar-refractivity contribution in [3.05, 3.63) is 58.7 Å². The Labute approximate surface area is 160 Å². The van der Waals surface area contributed by atoms with Gasteiger partial charge in [-0.2, -0.15) is 0 Å². The van der Waals surface area contributed by atoms with Crippen LogP contribution in [-0.2, 0) is 22.4 Å².